The topological polar surface area (TPSA) is 74.0 Å². The first-order valence-corrected chi connectivity index (χ1v) is 9.99. The molecule has 0 atom stereocenters. The summed E-state index contributed by atoms with van der Waals surface area (Å²) in [5.41, 5.74) is 0.707. The van der Waals surface area contributed by atoms with Crippen LogP contribution < -0.4 is 10.1 Å². The van der Waals surface area contributed by atoms with Gasteiger partial charge in [0, 0.05) is 18.1 Å². The van der Waals surface area contributed by atoms with E-state index in [0.29, 0.717) is 16.6 Å². The number of carbonyl (C=O) groups excluding carboxylic acids is 1. The maximum Gasteiger partial charge on any atom is 0.234 e. The highest BCUT2D eigenvalue weighted by atomic mass is 32.2. The van der Waals surface area contributed by atoms with Crippen LogP contribution >= 0.6 is 11.8 Å². The summed E-state index contributed by atoms with van der Waals surface area (Å²) in [6, 6.07) is 20.7. The number of aromatic nitrogens is 4. The minimum atomic E-state index is -0.119. The number of anilines is 1. The van der Waals surface area contributed by atoms with Gasteiger partial charge in [-0.1, -0.05) is 30.0 Å². The summed E-state index contributed by atoms with van der Waals surface area (Å²) in [4.78, 5) is 12.3. The molecule has 4 aromatic rings. The number of nitrogens with zero attached hydrogens (tertiary/aromatic N) is 4. The summed E-state index contributed by atoms with van der Waals surface area (Å²) < 4.78 is 9.49. The maximum atomic E-state index is 12.3. The second-order valence-corrected chi connectivity index (χ2v) is 7.12. The van der Waals surface area contributed by atoms with Crippen LogP contribution in [0, 0.1) is 6.92 Å². The first-order chi connectivity index (χ1) is 14.2. The largest absolute Gasteiger partial charge is 0.457 e. The van der Waals surface area contributed by atoms with Gasteiger partial charge in [0.15, 0.2) is 5.82 Å². The molecule has 146 valence electrons. The Hall–Kier alpha value is -3.52. The molecular weight excluding hydrogens is 386 g/mol. The fraction of sp³-hybridized carbons (Fsp3) is 0.0952. The fourth-order valence-corrected chi connectivity index (χ4v) is 3.49. The van der Waals surface area contributed by atoms with Crippen molar-refractivity contribution in [2.45, 2.75) is 12.1 Å². The number of ether oxygens (including phenoxy) is 1. The zero-order chi connectivity index (χ0) is 20.1. The molecule has 8 heteroatoms. The summed E-state index contributed by atoms with van der Waals surface area (Å²) in [6.07, 6.45) is 3.80. The average molecular weight is 405 g/mol. The molecule has 4 rings (SSSR count). The highest BCUT2D eigenvalue weighted by Gasteiger charge is 2.13. The number of amides is 1. The van der Waals surface area contributed by atoms with Crippen LogP contribution in [0.5, 0.6) is 11.5 Å². The lowest BCUT2D eigenvalue weighted by molar-refractivity contribution is -0.113. The van der Waals surface area contributed by atoms with Gasteiger partial charge in [-0.05, 0) is 55.5 Å². The van der Waals surface area contributed by atoms with Crippen molar-refractivity contribution < 1.29 is 9.53 Å². The molecular formula is C21H19N5O2S. The van der Waals surface area contributed by atoms with Crippen LogP contribution in [0.1, 0.15) is 5.82 Å². The second-order valence-electron chi connectivity index (χ2n) is 6.18. The molecule has 2 aromatic heterocycles. The van der Waals surface area contributed by atoms with Crippen LogP contribution in [0.15, 0.2) is 84.3 Å². The van der Waals surface area contributed by atoms with Crippen LogP contribution in [0.2, 0.25) is 0 Å². The van der Waals surface area contributed by atoms with Crippen LogP contribution in [0.25, 0.3) is 0 Å². The van der Waals surface area contributed by atoms with E-state index in [1.165, 1.54) is 11.8 Å². The van der Waals surface area contributed by atoms with Crippen molar-refractivity contribution in [1.29, 1.82) is 0 Å². The number of carbonyl (C=O) groups is 1. The minimum Gasteiger partial charge on any atom is -0.457 e. The van der Waals surface area contributed by atoms with Crippen molar-refractivity contribution >= 4 is 23.4 Å². The van der Waals surface area contributed by atoms with Gasteiger partial charge in [-0.15, -0.1) is 10.2 Å². The van der Waals surface area contributed by atoms with Crippen molar-refractivity contribution in [3.63, 3.8) is 0 Å². The van der Waals surface area contributed by atoms with E-state index in [9.17, 15) is 4.79 Å². The monoisotopic (exact) mass is 405 g/mol. The molecule has 0 spiro atoms. The molecule has 0 fully saturated rings. The molecule has 0 aliphatic rings. The second kappa shape index (κ2) is 8.66. The van der Waals surface area contributed by atoms with E-state index in [4.69, 9.17) is 4.74 Å². The minimum absolute atomic E-state index is 0.119. The van der Waals surface area contributed by atoms with Gasteiger partial charge in [0.05, 0.1) is 5.75 Å². The van der Waals surface area contributed by atoms with Crippen LogP contribution in [-0.4, -0.2) is 31.2 Å². The van der Waals surface area contributed by atoms with Crippen molar-refractivity contribution in [1.82, 2.24) is 19.5 Å². The summed E-state index contributed by atoms with van der Waals surface area (Å²) >= 11 is 1.33. The molecule has 29 heavy (non-hydrogen) atoms. The zero-order valence-corrected chi connectivity index (χ0v) is 16.5. The third-order valence-electron chi connectivity index (χ3n) is 4.04. The number of hydrogen-bond donors (Lipinski definition) is 1. The quantitative estimate of drug-likeness (QED) is 0.466. The summed E-state index contributed by atoms with van der Waals surface area (Å²) in [5.74, 6) is 2.33. The molecule has 1 N–H and O–H groups in total. The van der Waals surface area contributed by atoms with E-state index in [2.05, 4.69) is 15.5 Å². The third kappa shape index (κ3) is 4.67. The lowest BCUT2D eigenvalue weighted by Crippen LogP contribution is -2.15. The Kier molecular flexibility index (Phi) is 5.62. The summed E-state index contributed by atoms with van der Waals surface area (Å²) in [7, 11) is 0. The Labute approximate surface area is 172 Å². The predicted molar refractivity (Wildman–Crippen MR) is 112 cm³/mol. The third-order valence-corrected chi connectivity index (χ3v) is 4.96. The molecule has 0 bridgehead atoms. The number of benzene rings is 2. The van der Waals surface area contributed by atoms with Crippen LogP contribution in [-0.2, 0) is 4.79 Å². The maximum absolute atomic E-state index is 12.3. The fourth-order valence-electron chi connectivity index (χ4n) is 2.71. The number of nitrogens with one attached hydrogen (secondary N) is 1. The van der Waals surface area contributed by atoms with E-state index in [0.717, 1.165) is 11.6 Å². The van der Waals surface area contributed by atoms with E-state index >= 15 is 0 Å². The average Bonchev–Trinajstić information content (AvgIpc) is 3.38. The van der Waals surface area contributed by atoms with E-state index in [1.54, 1.807) is 0 Å². The molecule has 2 aromatic carbocycles. The number of aryl methyl sites for hydroxylation is 1. The first-order valence-electron chi connectivity index (χ1n) is 9.00. The molecule has 0 saturated carbocycles. The number of hydrogen-bond acceptors (Lipinski definition) is 5. The van der Waals surface area contributed by atoms with Gasteiger partial charge < -0.3 is 10.1 Å². The van der Waals surface area contributed by atoms with Crippen molar-refractivity contribution in [2.24, 2.45) is 0 Å². The van der Waals surface area contributed by atoms with Gasteiger partial charge in [-0.2, -0.15) is 0 Å². The predicted octanol–water partition coefficient (Wildman–Crippen LogP) is 4.22. The Morgan fingerprint density at radius 3 is 2.38 bits per heavy atom. The van der Waals surface area contributed by atoms with Gasteiger partial charge >= 0.3 is 0 Å². The summed E-state index contributed by atoms with van der Waals surface area (Å²) in [6.45, 7) is 1.87. The Balaban J connectivity index is 1.34. The molecule has 0 unspecified atom stereocenters. The number of thioether (sulfide) groups is 1. The normalized spacial score (nSPS) is 10.7. The number of rotatable bonds is 7. The van der Waals surface area contributed by atoms with Gasteiger partial charge in [0.1, 0.15) is 11.5 Å². The number of para-hydroxylation sites is 1. The summed E-state index contributed by atoms with van der Waals surface area (Å²) in [5, 5.41) is 11.8. The molecule has 7 nitrogen and oxygen atoms in total. The molecule has 2 heterocycles. The Morgan fingerprint density at radius 2 is 1.66 bits per heavy atom. The van der Waals surface area contributed by atoms with Crippen molar-refractivity contribution in [3.8, 4) is 11.5 Å². The van der Waals surface area contributed by atoms with Crippen molar-refractivity contribution in [2.75, 3.05) is 11.1 Å². The van der Waals surface area contributed by atoms with Crippen molar-refractivity contribution in [3.05, 3.63) is 84.9 Å². The molecule has 0 radical (unpaired) electrons. The molecule has 0 aliphatic carbocycles. The smallest absolute Gasteiger partial charge is 0.234 e. The Bertz CT molecular complexity index is 1080. The van der Waals surface area contributed by atoms with Crippen LogP contribution in [0.4, 0.5) is 5.69 Å². The van der Waals surface area contributed by atoms with Gasteiger partial charge in [0.2, 0.25) is 11.1 Å². The van der Waals surface area contributed by atoms with Gasteiger partial charge in [-0.25, -0.2) is 4.68 Å². The molecule has 0 saturated heterocycles. The van der Waals surface area contributed by atoms with E-state index in [-0.39, 0.29) is 11.7 Å². The standard InChI is InChI=1S/C21H19N5O2S/c1-16-23-24-21(26(16)25-13-5-6-14-25)29-15-20(27)22-17-9-11-19(12-10-17)28-18-7-3-2-4-8-18/h2-14H,15H2,1H3,(H,22,27). The first kappa shape index (κ1) is 18.8. The molecule has 1 amide bonds. The highest BCUT2D eigenvalue weighted by Crippen LogP contribution is 2.23. The van der Waals surface area contributed by atoms with E-state index < -0.39 is 0 Å². The Morgan fingerprint density at radius 1 is 0.966 bits per heavy atom. The van der Waals surface area contributed by atoms with Crippen LogP contribution in [0.3, 0.4) is 0 Å². The highest BCUT2D eigenvalue weighted by molar-refractivity contribution is 7.99. The van der Waals surface area contributed by atoms with Gasteiger partial charge in [-0.3, -0.25) is 9.47 Å². The van der Waals surface area contributed by atoms with E-state index in [1.807, 2.05) is 95.4 Å². The molecule has 0 aliphatic heterocycles. The SMILES string of the molecule is Cc1nnc(SCC(=O)Nc2ccc(Oc3ccccc3)cc2)n1-n1cccc1. The lowest BCUT2D eigenvalue weighted by Gasteiger charge is -2.10. The lowest BCUT2D eigenvalue weighted by atomic mass is 10.3. The zero-order valence-electron chi connectivity index (χ0n) is 15.7. The van der Waals surface area contributed by atoms with Gasteiger partial charge in [0.25, 0.3) is 0 Å².